The van der Waals surface area contributed by atoms with Gasteiger partial charge in [-0.05, 0) is 39.0 Å². The molecule has 5 nitrogen and oxygen atoms in total. The number of nitrogens with two attached hydrogens (primary N) is 1. The third kappa shape index (κ3) is 4.43. The molecule has 21 heavy (non-hydrogen) atoms. The van der Waals surface area contributed by atoms with Crippen molar-refractivity contribution in [2.45, 2.75) is 26.4 Å². The van der Waals surface area contributed by atoms with E-state index < -0.39 is 5.60 Å². The van der Waals surface area contributed by atoms with Crippen LogP contribution in [0.1, 0.15) is 20.8 Å². The molecule has 0 radical (unpaired) electrons. The number of nitrogens with zero attached hydrogens (tertiary/aromatic N) is 2. The molecule has 1 heterocycles. The number of ether oxygens (including phenoxy) is 1. The minimum absolute atomic E-state index is 0.257. The SMILES string of the molecule is CC(C)(C)OC(=O)N1CCN(c2cc(N)cc(Cl)c2)CC1. The van der Waals surface area contributed by atoms with Gasteiger partial charge in [0, 0.05) is 42.6 Å². The molecule has 0 bridgehead atoms. The average Bonchev–Trinajstić information content (AvgIpc) is 2.35. The van der Waals surface area contributed by atoms with Crippen molar-refractivity contribution in [1.82, 2.24) is 4.90 Å². The molecular weight excluding hydrogens is 290 g/mol. The Hall–Kier alpha value is -1.62. The maximum absolute atomic E-state index is 12.0. The number of nitrogen functional groups attached to an aromatic ring is 1. The van der Waals surface area contributed by atoms with E-state index in [4.69, 9.17) is 22.1 Å². The Balaban J connectivity index is 1.95. The highest BCUT2D eigenvalue weighted by Crippen LogP contribution is 2.25. The summed E-state index contributed by atoms with van der Waals surface area (Å²) >= 11 is 6.03. The molecule has 1 aliphatic rings. The zero-order chi connectivity index (χ0) is 15.6. The minimum atomic E-state index is -0.463. The maximum Gasteiger partial charge on any atom is 0.410 e. The molecular formula is C15H22ClN3O2. The van der Waals surface area contributed by atoms with Gasteiger partial charge in [0.05, 0.1) is 0 Å². The summed E-state index contributed by atoms with van der Waals surface area (Å²) in [5.74, 6) is 0. The molecule has 6 heteroatoms. The van der Waals surface area contributed by atoms with Crippen LogP contribution < -0.4 is 10.6 Å². The summed E-state index contributed by atoms with van der Waals surface area (Å²) in [6.07, 6.45) is -0.257. The van der Waals surface area contributed by atoms with Crippen molar-refractivity contribution in [1.29, 1.82) is 0 Å². The number of piperazine rings is 1. The lowest BCUT2D eigenvalue weighted by molar-refractivity contribution is 0.0240. The van der Waals surface area contributed by atoms with E-state index >= 15 is 0 Å². The van der Waals surface area contributed by atoms with Crippen molar-refractivity contribution in [2.75, 3.05) is 36.8 Å². The van der Waals surface area contributed by atoms with Gasteiger partial charge in [-0.3, -0.25) is 0 Å². The van der Waals surface area contributed by atoms with E-state index in [1.54, 1.807) is 11.0 Å². The molecule has 1 aromatic rings. The molecule has 0 saturated carbocycles. The highest BCUT2D eigenvalue weighted by Gasteiger charge is 2.26. The fraction of sp³-hybridized carbons (Fsp3) is 0.533. The number of anilines is 2. The zero-order valence-corrected chi connectivity index (χ0v) is 13.5. The van der Waals surface area contributed by atoms with Crippen molar-refractivity contribution in [3.63, 3.8) is 0 Å². The van der Waals surface area contributed by atoms with Gasteiger partial charge in [0.25, 0.3) is 0 Å². The summed E-state index contributed by atoms with van der Waals surface area (Å²) < 4.78 is 5.38. The Kier molecular flexibility index (Phi) is 4.52. The van der Waals surface area contributed by atoms with E-state index in [0.717, 1.165) is 18.8 Å². The molecule has 2 rings (SSSR count). The molecule has 1 fully saturated rings. The van der Waals surface area contributed by atoms with Crippen LogP contribution in [0, 0.1) is 0 Å². The molecule has 1 saturated heterocycles. The number of carbonyl (C=O) groups is 1. The number of amides is 1. The van der Waals surface area contributed by atoms with Gasteiger partial charge >= 0.3 is 6.09 Å². The second kappa shape index (κ2) is 6.02. The molecule has 0 aliphatic carbocycles. The highest BCUT2D eigenvalue weighted by atomic mass is 35.5. The van der Waals surface area contributed by atoms with Gasteiger partial charge in [0.15, 0.2) is 0 Å². The lowest BCUT2D eigenvalue weighted by Gasteiger charge is -2.36. The first-order valence-electron chi connectivity index (χ1n) is 7.03. The molecule has 1 aliphatic heterocycles. The first-order valence-corrected chi connectivity index (χ1v) is 7.41. The predicted molar refractivity (Wildman–Crippen MR) is 85.9 cm³/mol. The minimum Gasteiger partial charge on any atom is -0.444 e. The summed E-state index contributed by atoms with van der Waals surface area (Å²) in [5.41, 5.74) is 6.99. The van der Waals surface area contributed by atoms with Gasteiger partial charge < -0.3 is 20.3 Å². The first kappa shape index (κ1) is 15.8. The van der Waals surface area contributed by atoms with E-state index in [9.17, 15) is 4.79 Å². The molecule has 1 amide bonds. The van der Waals surface area contributed by atoms with Gasteiger partial charge in [-0.1, -0.05) is 11.6 Å². The second-order valence-corrected chi connectivity index (χ2v) is 6.63. The van der Waals surface area contributed by atoms with Crippen LogP contribution in [0.3, 0.4) is 0 Å². The Morgan fingerprint density at radius 3 is 2.33 bits per heavy atom. The van der Waals surface area contributed by atoms with Crippen LogP contribution in [0.2, 0.25) is 5.02 Å². The van der Waals surface area contributed by atoms with Crippen LogP contribution in [0.5, 0.6) is 0 Å². The van der Waals surface area contributed by atoms with E-state index in [1.807, 2.05) is 32.9 Å². The largest absolute Gasteiger partial charge is 0.444 e. The third-order valence-corrected chi connectivity index (χ3v) is 3.42. The molecule has 0 spiro atoms. The van der Waals surface area contributed by atoms with Gasteiger partial charge in [-0.15, -0.1) is 0 Å². The summed E-state index contributed by atoms with van der Waals surface area (Å²) in [6, 6.07) is 5.51. The van der Waals surface area contributed by atoms with Crippen LogP contribution in [0.4, 0.5) is 16.2 Å². The number of hydrogen-bond donors (Lipinski definition) is 1. The molecule has 0 atom stereocenters. The number of benzene rings is 1. The Bertz CT molecular complexity index is 500. The van der Waals surface area contributed by atoms with Crippen molar-refractivity contribution in [3.05, 3.63) is 23.2 Å². The van der Waals surface area contributed by atoms with Gasteiger partial charge in [0.2, 0.25) is 0 Å². The van der Waals surface area contributed by atoms with Crippen molar-refractivity contribution in [3.8, 4) is 0 Å². The standard InChI is InChI=1S/C15H22ClN3O2/c1-15(2,3)21-14(20)19-6-4-18(5-7-19)13-9-11(16)8-12(17)10-13/h8-10H,4-7,17H2,1-3H3. The topological polar surface area (TPSA) is 58.8 Å². The van der Waals surface area contributed by atoms with Crippen molar-refractivity contribution in [2.24, 2.45) is 0 Å². The van der Waals surface area contributed by atoms with Crippen LogP contribution in [0.25, 0.3) is 0 Å². The molecule has 1 aromatic carbocycles. The van der Waals surface area contributed by atoms with Crippen LogP contribution in [0.15, 0.2) is 18.2 Å². The smallest absolute Gasteiger partial charge is 0.410 e. The van der Waals surface area contributed by atoms with Gasteiger partial charge in [0.1, 0.15) is 5.60 Å². The van der Waals surface area contributed by atoms with Crippen LogP contribution in [-0.2, 0) is 4.74 Å². The first-order chi connectivity index (χ1) is 9.74. The molecule has 0 unspecified atom stereocenters. The summed E-state index contributed by atoms with van der Waals surface area (Å²) in [5, 5.41) is 0.625. The number of carbonyl (C=O) groups excluding carboxylic acids is 1. The molecule has 0 aromatic heterocycles. The molecule has 116 valence electrons. The number of hydrogen-bond acceptors (Lipinski definition) is 4. The van der Waals surface area contributed by atoms with Gasteiger partial charge in [-0.25, -0.2) is 4.79 Å². The highest BCUT2D eigenvalue weighted by molar-refractivity contribution is 6.31. The lowest BCUT2D eigenvalue weighted by atomic mass is 10.2. The van der Waals surface area contributed by atoms with Crippen LogP contribution in [-0.4, -0.2) is 42.8 Å². The Morgan fingerprint density at radius 2 is 1.81 bits per heavy atom. The predicted octanol–water partition coefficient (Wildman–Crippen LogP) is 2.98. The normalized spacial score (nSPS) is 16.0. The summed E-state index contributed by atoms with van der Waals surface area (Å²) in [6.45, 7) is 8.34. The third-order valence-electron chi connectivity index (χ3n) is 3.20. The van der Waals surface area contributed by atoms with Crippen molar-refractivity contribution < 1.29 is 9.53 Å². The maximum atomic E-state index is 12.0. The average molecular weight is 312 g/mol. The number of rotatable bonds is 1. The Labute approximate surface area is 130 Å². The lowest BCUT2D eigenvalue weighted by Crippen LogP contribution is -2.50. The second-order valence-electron chi connectivity index (χ2n) is 6.20. The van der Waals surface area contributed by atoms with E-state index in [0.29, 0.717) is 23.8 Å². The Morgan fingerprint density at radius 1 is 1.19 bits per heavy atom. The monoisotopic (exact) mass is 311 g/mol. The molecule has 2 N–H and O–H groups in total. The van der Waals surface area contributed by atoms with Crippen molar-refractivity contribution >= 4 is 29.1 Å². The van der Waals surface area contributed by atoms with E-state index in [2.05, 4.69) is 4.90 Å². The summed E-state index contributed by atoms with van der Waals surface area (Å²) in [4.78, 5) is 15.9. The fourth-order valence-electron chi connectivity index (χ4n) is 2.25. The zero-order valence-electron chi connectivity index (χ0n) is 12.7. The quantitative estimate of drug-likeness (QED) is 0.810. The summed E-state index contributed by atoms with van der Waals surface area (Å²) in [7, 11) is 0. The van der Waals surface area contributed by atoms with Gasteiger partial charge in [-0.2, -0.15) is 0 Å². The number of halogens is 1. The van der Waals surface area contributed by atoms with E-state index in [-0.39, 0.29) is 6.09 Å². The fourth-order valence-corrected chi connectivity index (χ4v) is 2.49. The van der Waals surface area contributed by atoms with Crippen LogP contribution >= 0.6 is 11.6 Å². The van der Waals surface area contributed by atoms with E-state index in [1.165, 1.54) is 0 Å².